The van der Waals surface area contributed by atoms with Crippen LogP contribution < -0.4 is 16.2 Å². The Bertz CT molecular complexity index is 1220. The summed E-state index contributed by atoms with van der Waals surface area (Å²) < 4.78 is 11.9. The molecule has 0 unspecified atom stereocenters. The van der Waals surface area contributed by atoms with Crippen LogP contribution in [-0.2, 0) is 16.1 Å². The van der Waals surface area contributed by atoms with Crippen LogP contribution in [-0.4, -0.2) is 28.2 Å². The number of nitrogens with one attached hydrogen (secondary N) is 2. The van der Waals surface area contributed by atoms with Gasteiger partial charge in [0.1, 0.15) is 11.8 Å². The van der Waals surface area contributed by atoms with Crippen molar-refractivity contribution in [3.05, 3.63) is 75.3 Å². The van der Waals surface area contributed by atoms with Crippen LogP contribution in [0.25, 0.3) is 10.9 Å². The van der Waals surface area contributed by atoms with Gasteiger partial charge in [0.25, 0.3) is 5.56 Å². The van der Waals surface area contributed by atoms with Gasteiger partial charge in [-0.1, -0.05) is 11.6 Å². The summed E-state index contributed by atoms with van der Waals surface area (Å²) in [6, 6.07) is 6.70. The molecule has 154 valence electrons. The van der Waals surface area contributed by atoms with Crippen molar-refractivity contribution in [2.45, 2.75) is 19.5 Å². The second kappa shape index (κ2) is 8.03. The van der Waals surface area contributed by atoms with Crippen LogP contribution in [0.2, 0.25) is 5.02 Å². The molecule has 30 heavy (non-hydrogen) atoms. The van der Waals surface area contributed by atoms with Crippen molar-refractivity contribution in [3.63, 3.8) is 0 Å². The number of hydrogen-bond donors (Lipinski definition) is 2. The Labute approximate surface area is 175 Å². The lowest BCUT2D eigenvalue weighted by atomic mass is 10.00. The van der Waals surface area contributed by atoms with E-state index in [0.29, 0.717) is 21.7 Å². The number of ether oxygens (including phenoxy) is 1. The molecule has 1 aliphatic heterocycles. The summed E-state index contributed by atoms with van der Waals surface area (Å²) in [5.41, 5.74) is 0.483. The molecule has 0 radical (unpaired) electrons. The van der Waals surface area contributed by atoms with Crippen molar-refractivity contribution >= 4 is 34.5 Å². The van der Waals surface area contributed by atoms with Crippen molar-refractivity contribution < 1.29 is 18.7 Å². The lowest BCUT2D eigenvalue weighted by molar-refractivity contribution is -0.139. The monoisotopic (exact) mass is 428 g/mol. The lowest BCUT2D eigenvalue weighted by Gasteiger charge is -2.28. The summed E-state index contributed by atoms with van der Waals surface area (Å²) in [7, 11) is 0. The maximum absolute atomic E-state index is 12.9. The van der Waals surface area contributed by atoms with Crippen molar-refractivity contribution in [2.24, 2.45) is 0 Å². The third-order valence-corrected chi connectivity index (χ3v) is 4.83. The molecule has 2 N–H and O–H groups in total. The first-order valence-electron chi connectivity index (χ1n) is 9.13. The second-order valence-electron chi connectivity index (χ2n) is 6.50. The van der Waals surface area contributed by atoms with Gasteiger partial charge in [0.2, 0.25) is 0 Å². The number of allylic oxidation sites excluding steroid dienone is 1. The summed E-state index contributed by atoms with van der Waals surface area (Å²) in [6.07, 6.45) is 2.79. The van der Waals surface area contributed by atoms with Crippen LogP contribution in [0, 0.1) is 0 Å². The summed E-state index contributed by atoms with van der Waals surface area (Å²) in [6.45, 7) is 1.72. The van der Waals surface area contributed by atoms with Crippen LogP contribution in [0.5, 0.6) is 0 Å². The van der Waals surface area contributed by atoms with Crippen LogP contribution in [0.15, 0.2) is 63.4 Å². The molecule has 0 saturated heterocycles. The number of fused-ring (bicyclic) bond motifs is 1. The van der Waals surface area contributed by atoms with Gasteiger partial charge in [0, 0.05) is 5.02 Å². The average Bonchev–Trinajstić information content (AvgIpc) is 3.25. The molecular formula is C20H17ClN4O5. The van der Waals surface area contributed by atoms with Gasteiger partial charge in [-0.25, -0.2) is 14.6 Å². The van der Waals surface area contributed by atoms with Crippen molar-refractivity contribution in [3.8, 4) is 0 Å². The first kappa shape index (κ1) is 19.7. The number of esters is 1. The number of nitrogens with zero attached hydrogens (tertiary/aromatic N) is 2. The molecule has 0 fully saturated rings. The van der Waals surface area contributed by atoms with Gasteiger partial charge in [-0.05, 0) is 37.3 Å². The van der Waals surface area contributed by atoms with E-state index in [0.717, 1.165) is 0 Å². The van der Waals surface area contributed by atoms with Gasteiger partial charge in [-0.2, -0.15) is 0 Å². The Balaban J connectivity index is 1.83. The minimum atomic E-state index is -0.860. The summed E-state index contributed by atoms with van der Waals surface area (Å²) in [5.74, 6) is -0.271. The van der Waals surface area contributed by atoms with E-state index in [9.17, 15) is 14.4 Å². The Morgan fingerprint density at radius 3 is 2.90 bits per heavy atom. The fourth-order valence-corrected chi connectivity index (χ4v) is 3.45. The van der Waals surface area contributed by atoms with E-state index in [1.807, 2.05) is 0 Å². The number of furan rings is 1. The van der Waals surface area contributed by atoms with Gasteiger partial charge in [0.15, 0.2) is 0 Å². The van der Waals surface area contributed by atoms with E-state index < -0.39 is 18.0 Å². The first-order valence-corrected chi connectivity index (χ1v) is 9.51. The Morgan fingerprint density at radius 2 is 2.17 bits per heavy atom. The summed E-state index contributed by atoms with van der Waals surface area (Å²) >= 11 is 6.01. The topological polar surface area (TPSA) is 115 Å². The quantitative estimate of drug-likeness (QED) is 0.603. The third-order valence-electron chi connectivity index (χ3n) is 4.59. The Kier molecular flexibility index (Phi) is 5.28. The van der Waals surface area contributed by atoms with Crippen molar-refractivity contribution in [1.29, 1.82) is 0 Å². The maximum Gasteiger partial charge on any atom is 0.338 e. The van der Waals surface area contributed by atoms with Crippen LogP contribution in [0.4, 0.5) is 4.79 Å². The molecule has 10 heteroatoms. The predicted octanol–water partition coefficient (Wildman–Crippen LogP) is 2.51. The molecule has 1 aliphatic rings. The van der Waals surface area contributed by atoms with Gasteiger partial charge >= 0.3 is 12.0 Å². The Hall–Kier alpha value is -3.59. The average molecular weight is 429 g/mol. The number of hydrogen-bond acceptors (Lipinski definition) is 6. The molecule has 0 spiro atoms. The molecule has 3 heterocycles. The normalized spacial score (nSPS) is 16.3. The summed E-state index contributed by atoms with van der Waals surface area (Å²) in [5, 5.41) is 5.99. The standard InChI is InChI=1S/C20H17ClN4O5/c1-2-29-19(27)16-14(23-20(28)24-17(16)15-4-3-7-30-15)9-25-10-22-13-6-5-11(21)8-12(13)18(25)26/h3-8,10,17H,2,9H2,1H3,(H2,23,24,28)/t17-/m1/s1. The van der Waals surface area contributed by atoms with E-state index >= 15 is 0 Å². The van der Waals surface area contributed by atoms with Gasteiger partial charge in [0.05, 0.1) is 47.9 Å². The van der Waals surface area contributed by atoms with E-state index in [1.54, 1.807) is 31.2 Å². The van der Waals surface area contributed by atoms with Crippen molar-refractivity contribution in [2.75, 3.05) is 6.61 Å². The highest BCUT2D eigenvalue weighted by Crippen LogP contribution is 2.28. The third kappa shape index (κ3) is 3.67. The van der Waals surface area contributed by atoms with Gasteiger partial charge in [-0.3, -0.25) is 9.36 Å². The number of urea groups is 1. The number of carbonyl (C=O) groups excluding carboxylic acids is 2. The number of rotatable bonds is 5. The largest absolute Gasteiger partial charge is 0.467 e. The van der Waals surface area contributed by atoms with Gasteiger partial charge < -0.3 is 19.8 Å². The highest BCUT2D eigenvalue weighted by atomic mass is 35.5. The lowest BCUT2D eigenvalue weighted by Crippen LogP contribution is -2.47. The Morgan fingerprint density at radius 1 is 1.33 bits per heavy atom. The highest BCUT2D eigenvalue weighted by molar-refractivity contribution is 6.31. The fraction of sp³-hybridized carbons (Fsp3) is 0.200. The molecule has 1 aromatic carbocycles. The maximum atomic E-state index is 12.9. The SMILES string of the molecule is CCOC(=O)C1=C(Cn2cnc3ccc(Cl)cc3c2=O)NC(=O)N[C@@H]1c1ccco1. The predicted molar refractivity (Wildman–Crippen MR) is 108 cm³/mol. The molecule has 9 nitrogen and oxygen atoms in total. The van der Waals surface area contributed by atoms with Crippen LogP contribution in [0.3, 0.4) is 0 Å². The minimum Gasteiger partial charge on any atom is -0.467 e. The van der Waals surface area contributed by atoms with Crippen molar-refractivity contribution in [1.82, 2.24) is 20.2 Å². The number of benzene rings is 1. The van der Waals surface area contributed by atoms with E-state index in [4.69, 9.17) is 20.8 Å². The number of carbonyl (C=O) groups is 2. The second-order valence-corrected chi connectivity index (χ2v) is 6.94. The number of halogens is 1. The van der Waals surface area contributed by atoms with E-state index in [1.165, 1.54) is 23.2 Å². The van der Waals surface area contributed by atoms with E-state index in [-0.39, 0.29) is 30.0 Å². The molecule has 0 bridgehead atoms. The van der Waals surface area contributed by atoms with Gasteiger partial charge in [-0.15, -0.1) is 0 Å². The zero-order valence-corrected chi connectivity index (χ0v) is 16.6. The number of amides is 2. The smallest absolute Gasteiger partial charge is 0.338 e. The molecule has 1 atom stereocenters. The molecular weight excluding hydrogens is 412 g/mol. The minimum absolute atomic E-state index is 0.104. The molecule has 4 rings (SSSR count). The first-order chi connectivity index (χ1) is 14.5. The molecule has 2 aromatic heterocycles. The summed E-state index contributed by atoms with van der Waals surface area (Å²) in [4.78, 5) is 42.2. The fourth-order valence-electron chi connectivity index (χ4n) is 3.28. The zero-order valence-electron chi connectivity index (χ0n) is 15.8. The molecule has 3 aromatic rings. The molecule has 0 aliphatic carbocycles. The van der Waals surface area contributed by atoms with E-state index in [2.05, 4.69) is 15.6 Å². The molecule has 0 saturated carbocycles. The van der Waals surface area contributed by atoms with Crippen LogP contribution in [0.1, 0.15) is 18.7 Å². The highest BCUT2D eigenvalue weighted by Gasteiger charge is 2.35. The molecule has 2 amide bonds. The number of aromatic nitrogens is 2. The zero-order chi connectivity index (χ0) is 21.3. The van der Waals surface area contributed by atoms with Crippen LogP contribution >= 0.6 is 11.6 Å².